The minimum atomic E-state index is 0.805. The molecule has 0 aromatic heterocycles. The van der Waals surface area contributed by atoms with E-state index in [1.54, 1.807) is 7.11 Å². The zero-order valence-electron chi connectivity index (χ0n) is 10.5. The molecular formula is C13H20ClNOS. The summed E-state index contributed by atoms with van der Waals surface area (Å²) in [7, 11) is 1.74. The Morgan fingerprint density at radius 1 is 1.41 bits per heavy atom. The monoisotopic (exact) mass is 273 g/mol. The van der Waals surface area contributed by atoms with Crippen molar-refractivity contribution in [2.45, 2.75) is 24.8 Å². The van der Waals surface area contributed by atoms with Crippen LogP contribution in [0.25, 0.3) is 0 Å². The lowest BCUT2D eigenvalue weighted by atomic mass is 10.2. The van der Waals surface area contributed by atoms with Crippen LogP contribution < -0.4 is 5.32 Å². The van der Waals surface area contributed by atoms with Crippen LogP contribution in [0.3, 0.4) is 0 Å². The molecule has 0 saturated heterocycles. The van der Waals surface area contributed by atoms with Gasteiger partial charge in [0, 0.05) is 35.9 Å². The second-order valence-corrected chi connectivity index (χ2v) is 5.30. The Morgan fingerprint density at radius 3 is 2.94 bits per heavy atom. The molecule has 1 aromatic rings. The van der Waals surface area contributed by atoms with Gasteiger partial charge in [0.2, 0.25) is 0 Å². The lowest BCUT2D eigenvalue weighted by molar-refractivity contribution is 0.200. The Bertz CT molecular complexity index is 333. The van der Waals surface area contributed by atoms with Crippen LogP contribution in [-0.2, 0) is 11.3 Å². The van der Waals surface area contributed by atoms with Crippen molar-refractivity contribution in [3.05, 3.63) is 28.8 Å². The lowest BCUT2D eigenvalue weighted by Gasteiger charge is -2.10. The largest absolute Gasteiger partial charge is 0.385 e. The highest BCUT2D eigenvalue weighted by Gasteiger charge is 2.03. The molecule has 1 N–H and O–H groups in total. The molecule has 1 aromatic carbocycles. The maximum atomic E-state index is 6.03. The Hall–Kier alpha value is -0.220. The fourth-order valence-corrected chi connectivity index (χ4v) is 2.71. The zero-order chi connectivity index (χ0) is 12.5. The molecule has 0 unspecified atom stereocenters. The summed E-state index contributed by atoms with van der Waals surface area (Å²) in [5, 5.41) is 4.15. The van der Waals surface area contributed by atoms with Gasteiger partial charge in [-0.3, -0.25) is 0 Å². The first-order chi connectivity index (χ1) is 8.27. The molecule has 0 aliphatic carbocycles. The van der Waals surface area contributed by atoms with Crippen molar-refractivity contribution in [3.8, 4) is 0 Å². The van der Waals surface area contributed by atoms with Crippen molar-refractivity contribution in [1.29, 1.82) is 0 Å². The van der Waals surface area contributed by atoms with Crippen LogP contribution in [0.1, 0.15) is 18.9 Å². The van der Waals surface area contributed by atoms with Crippen molar-refractivity contribution in [2.24, 2.45) is 0 Å². The first-order valence-corrected chi connectivity index (χ1v) is 7.25. The summed E-state index contributed by atoms with van der Waals surface area (Å²) in [6.45, 7) is 4.81. The lowest BCUT2D eigenvalue weighted by Crippen LogP contribution is -2.12. The van der Waals surface area contributed by atoms with Crippen LogP contribution >= 0.6 is 23.4 Å². The van der Waals surface area contributed by atoms with E-state index in [2.05, 4.69) is 18.3 Å². The third kappa shape index (κ3) is 5.77. The highest BCUT2D eigenvalue weighted by atomic mass is 35.5. The van der Waals surface area contributed by atoms with Gasteiger partial charge >= 0.3 is 0 Å². The summed E-state index contributed by atoms with van der Waals surface area (Å²) in [6, 6.07) is 6.10. The number of benzene rings is 1. The molecule has 0 aliphatic rings. The molecule has 0 aliphatic heterocycles. The van der Waals surface area contributed by atoms with Gasteiger partial charge in [-0.25, -0.2) is 0 Å². The highest BCUT2D eigenvalue weighted by Crippen LogP contribution is 2.26. The molecule has 0 fully saturated rings. The maximum absolute atomic E-state index is 6.03. The van der Waals surface area contributed by atoms with Crippen LogP contribution in [0.4, 0.5) is 0 Å². The molecular weight excluding hydrogens is 254 g/mol. The summed E-state index contributed by atoms with van der Waals surface area (Å²) in [6.07, 6.45) is 1.06. The molecule has 1 rings (SSSR count). The first-order valence-electron chi connectivity index (χ1n) is 5.88. The van der Waals surface area contributed by atoms with E-state index in [-0.39, 0.29) is 0 Å². The standard InChI is InChI=1S/C13H20ClNOS/c1-3-15-10-11-5-6-12(14)9-13(11)17-8-4-7-16-2/h5-6,9,15H,3-4,7-8,10H2,1-2H3. The highest BCUT2D eigenvalue weighted by molar-refractivity contribution is 7.99. The Morgan fingerprint density at radius 2 is 2.24 bits per heavy atom. The van der Waals surface area contributed by atoms with Crippen LogP contribution in [0.5, 0.6) is 0 Å². The molecule has 0 bridgehead atoms. The summed E-state index contributed by atoms with van der Waals surface area (Å²) in [4.78, 5) is 1.27. The van der Waals surface area contributed by atoms with E-state index < -0.39 is 0 Å². The molecule has 0 amide bonds. The van der Waals surface area contributed by atoms with Crippen LogP contribution in [0, 0.1) is 0 Å². The molecule has 96 valence electrons. The van der Waals surface area contributed by atoms with Crippen molar-refractivity contribution in [2.75, 3.05) is 26.0 Å². The second kappa shape index (κ2) is 8.81. The van der Waals surface area contributed by atoms with Crippen molar-refractivity contribution >= 4 is 23.4 Å². The van der Waals surface area contributed by atoms with Crippen molar-refractivity contribution < 1.29 is 4.74 Å². The van der Waals surface area contributed by atoms with Crippen molar-refractivity contribution in [3.63, 3.8) is 0 Å². The normalized spacial score (nSPS) is 10.8. The Labute approximate surface area is 113 Å². The number of ether oxygens (including phenoxy) is 1. The molecule has 0 radical (unpaired) electrons. The molecule has 17 heavy (non-hydrogen) atoms. The molecule has 0 atom stereocenters. The number of rotatable bonds is 8. The molecule has 2 nitrogen and oxygen atoms in total. The van der Waals surface area contributed by atoms with Gasteiger partial charge in [-0.2, -0.15) is 0 Å². The maximum Gasteiger partial charge on any atom is 0.0470 e. The fraction of sp³-hybridized carbons (Fsp3) is 0.538. The van der Waals surface area contributed by atoms with Crippen LogP contribution in [-0.4, -0.2) is 26.0 Å². The van der Waals surface area contributed by atoms with Gasteiger partial charge in [-0.05, 0) is 30.7 Å². The van der Waals surface area contributed by atoms with Gasteiger partial charge in [0.1, 0.15) is 0 Å². The molecule has 0 heterocycles. The van der Waals surface area contributed by atoms with E-state index in [1.807, 2.05) is 23.9 Å². The summed E-state index contributed by atoms with van der Waals surface area (Å²) in [5.41, 5.74) is 1.32. The third-order valence-electron chi connectivity index (χ3n) is 2.35. The van der Waals surface area contributed by atoms with E-state index in [0.29, 0.717) is 0 Å². The number of nitrogens with one attached hydrogen (secondary N) is 1. The average Bonchev–Trinajstić information content (AvgIpc) is 2.33. The molecule has 4 heteroatoms. The smallest absolute Gasteiger partial charge is 0.0470 e. The second-order valence-electron chi connectivity index (χ2n) is 3.73. The minimum Gasteiger partial charge on any atom is -0.385 e. The van der Waals surface area contributed by atoms with Crippen LogP contribution in [0.15, 0.2) is 23.1 Å². The topological polar surface area (TPSA) is 21.3 Å². The quantitative estimate of drug-likeness (QED) is 0.578. The van der Waals surface area contributed by atoms with Gasteiger partial charge in [-0.1, -0.05) is 24.6 Å². The number of halogens is 1. The predicted molar refractivity (Wildman–Crippen MR) is 76.0 cm³/mol. The summed E-state index contributed by atoms with van der Waals surface area (Å²) in [5.74, 6) is 1.06. The van der Waals surface area contributed by atoms with E-state index in [9.17, 15) is 0 Å². The summed E-state index contributed by atoms with van der Waals surface area (Å²) >= 11 is 7.88. The average molecular weight is 274 g/mol. The van der Waals surface area contributed by atoms with E-state index >= 15 is 0 Å². The summed E-state index contributed by atoms with van der Waals surface area (Å²) < 4.78 is 5.05. The van der Waals surface area contributed by atoms with Gasteiger partial charge in [0.25, 0.3) is 0 Å². The molecule has 0 spiro atoms. The van der Waals surface area contributed by atoms with Gasteiger partial charge in [0.05, 0.1) is 0 Å². The number of methoxy groups -OCH3 is 1. The van der Waals surface area contributed by atoms with Crippen molar-refractivity contribution in [1.82, 2.24) is 5.32 Å². The van der Waals surface area contributed by atoms with Gasteiger partial charge < -0.3 is 10.1 Å². The SMILES string of the molecule is CCNCc1ccc(Cl)cc1SCCCOC. The third-order valence-corrected chi connectivity index (χ3v) is 3.76. The number of hydrogen-bond acceptors (Lipinski definition) is 3. The number of hydrogen-bond donors (Lipinski definition) is 1. The van der Waals surface area contributed by atoms with E-state index in [1.165, 1.54) is 10.5 Å². The Kier molecular flexibility index (Phi) is 7.69. The van der Waals surface area contributed by atoms with E-state index in [0.717, 1.165) is 36.9 Å². The minimum absolute atomic E-state index is 0.805. The zero-order valence-corrected chi connectivity index (χ0v) is 12.0. The van der Waals surface area contributed by atoms with Crippen LogP contribution in [0.2, 0.25) is 5.02 Å². The van der Waals surface area contributed by atoms with E-state index in [4.69, 9.17) is 16.3 Å². The fourth-order valence-electron chi connectivity index (χ4n) is 1.45. The molecule has 0 saturated carbocycles. The first kappa shape index (κ1) is 14.8. The Balaban J connectivity index is 2.56. The predicted octanol–water partition coefficient (Wildman–Crippen LogP) is 3.58. The van der Waals surface area contributed by atoms with Gasteiger partial charge in [0.15, 0.2) is 0 Å². The van der Waals surface area contributed by atoms with Gasteiger partial charge in [-0.15, -0.1) is 11.8 Å². The number of thioether (sulfide) groups is 1.